The Morgan fingerprint density at radius 2 is 2.14 bits per heavy atom. The molecule has 1 rings (SSSR count). The second kappa shape index (κ2) is 10.0. The highest BCUT2D eigenvalue weighted by molar-refractivity contribution is 5.87. The van der Waals surface area contributed by atoms with Gasteiger partial charge in [0, 0.05) is 11.6 Å². The molecule has 0 aromatic heterocycles. The normalized spacial score (nSPS) is 12.5. The van der Waals surface area contributed by atoms with Crippen molar-refractivity contribution in [1.29, 1.82) is 0 Å². The van der Waals surface area contributed by atoms with E-state index in [1.807, 2.05) is 0 Å². The number of aliphatic hydroxyl groups excluding tert-OH is 1. The Balaban J connectivity index is 2.48. The third kappa shape index (κ3) is 6.31. The molecule has 0 radical (unpaired) electrons. The zero-order valence-electron chi connectivity index (χ0n) is 13.4. The van der Waals surface area contributed by atoms with Gasteiger partial charge in [-0.05, 0) is 30.0 Å². The highest BCUT2D eigenvalue weighted by Crippen LogP contribution is 2.19. The molecule has 22 heavy (non-hydrogen) atoms. The summed E-state index contributed by atoms with van der Waals surface area (Å²) in [6.45, 7) is 4.50. The standard InChI is InChI=1S/C18H26O4/c1-3-5-6-14(4-2)13-22-18(21)10-8-15-7-9-16(12-19)17(20)11-15/h7-11,14,19-20H,3-6,12-13H2,1-2H3/b10-8+. The molecule has 0 amide bonds. The van der Waals surface area contributed by atoms with E-state index < -0.39 is 0 Å². The van der Waals surface area contributed by atoms with Crippen molar-refractivity contribution in [3.8, 4) is 5.75 Å². The first-order valence-electron chi connectivity index (χ1n) is 7.88. The number of carbonyl (C=O) groups excluding carboxylic acids is 1. The Bertz CT molecular complexity index is 494. The molecule has 0 aliphatic rings. The van der Waals surface area contributed by atoms with Gasteiger partial charge >= 0.3 is 5.97 Å². The lowest BCUT2D eigenvalue weighted by molar-refractivity contribution is -0.139. The number of unbranched alkanes of at least 4 members (excludes halogenated alkanes) is 1. The van der Waals surface area contributed by atoms with Crippen LogP contribution >= 0.6 is 0 Å². The smallest absolute Gasteiger partial charge is 0.330 e. The number of phenols is 1. The Morgan fingerprint density at radius 3 is 2.73 bits per heavy atom. The van der Waals surface area contributed by atoms with Gasteiger partial charge < -0.3 is 14.9 Å². The van der Waals surface area contributed by atoms with E-state index in [0.29, 0.717) is 23.7 Å². The number of aromatic hydroxyl groups is 1. The fourth-order valence-electron chi connectivity index (χ4n) is 2.13. The second-order valence-electron chi connectivity index (χ2n) is 5.43. The Morgan fingerprint density at radius 1 is 1.36 bits per heavy atom. The molecule has 0 fully saturated rings. The van der Waals surface area contributed by atoms with Crippen LogP contribution in [0, 0.1) is 5.92 Å². The molecule has 0 saturated heterocycles. The van der Waals surface area contributed by atoms with E-state index in [1.165, 1.54) is 12.1 Å². The minimum Gasteiger partial charge on any atom is -0.508 e. The number of hydrogen-bond donors (Lipinski definition) is 2. The highest BCUT2D eigenvalue weighted by Gasteiger charge is 2.08. The molecule has 0 aliphatic heterocycles. The topological polar surface area (TPSA) is 66.8 Å². The lowest BCUT2D eigenvalue weighted by Crippen LogP contribution is -2.12. The summed E-state index contributed by atoms with van der Waals surface area (Å²) >= 11 is 0. The van der Waals surface area contributed by atoms with Gasteiger partial charge in [0.1, 0.15) is 5.75 Å². The van der Waals surface area contributed by atoms with Gasteiger partial charge in [0.15, 0.2) is 0 Å². The number of carbonyl (C=O) groups is 1. The third-order valence-corrected chi connectivity index (χ3v) is 3.70. The molecular formula is C18H26O4. The van der Waals surface area contributed by atoms with E-state index in [-0.39, 0.29) is 18.3 Å². The zero-order valence-corrected chi connectivity index (χ0v) is 13.4. The summed E-state index contributed by atoms with van der Waals surface area (Å²) < 4.78 is 5.26. The summed E-state index contributed by atoms with van der Waals surface area (Å²) in [6, 6.07) is 4.86. The number of hydrogen-bond acceptors (Lipinski definition) is 4. The van der Waals surface area contributed by atoms with Gasteiger partial charge in [-0.2, -0.15) is 0 Å². The quantitative estimate of drug-likeness (QED) is 0.540. The molecule has 0 spiro atoms. The SMILES string of the molecule is CCCCC(CC)COC(=O)/C=C/c1ccc(CO)c(O)c1. The maximum atomic E-state index is 11.7. The van der Waals surface area contributed by atoms with Crippen LogP contribution in [0.1, 0.15) is 50.7 Å². The van der Waals surface area contributed by atoms with Gasteiger partial charge in [0.2, 0.25) is 0 Å². The van der Waals surface area contributed by atoms with Gasteiger partial charge in [0.25, 0.3) is 0 Å². The highest BCUT2D eigenvalue weighted by atomic mass is 16.5. The average Bonchev–Trinajstić information content (AvgIpc) is 2.53. The number of aliphatic hydroxyl groups is 1. The third-order valence-electron chi connectivity index (χ3n) is 3.70. The van der Waals surface area contributed by atoms with E-state index in [0.717, 1.165) is 25.7 Å². The van der Waals surface area contributed by atoms with Crippen LogP contribution in [0.3, 0.4) is 0 Å². The van der Waals surface area contributed by atoms with Gasteiger partial charge in [-0.1, -0.05) is 45.2 Å². The predicted molar refractivity (Wildman–Crippen MR) is 87.3 cm³/mol. The van der Waals surface area contributed by atoms with E-state index in [4.69, 9.17) is 9.84 Å². The van der Waals surface area contributed by atoms with Crippen molar-refractivity contribution in [2.75, 3.05) is 6.61 Å². The molecule has 1 unspecified atom stereocenters. The number of rotatable bonds is 9. The van der Waals surface area contributed by atoms with Crippen LogP contribution in [-0.2, 0) is 16.1 Å². The van der Waals surface area contributed by atoms with E-state index in [1.54, 1.807) is 18.2 Å². The van der Waals surface area contributed by atoms with Crippen LogP contribution in [0.4, 0.5) is 0 Å². The van der Waals surface area contributed by atoms with Crippen molar-refractivity contribution in [2.24, 2.45) is 5.92 Å². The molecule has 122 valence electrons. The van der Waals surface area contributed by atoms with E-state index >= 15 is 0 Å². The van der Waals surface area contributed by atoms with Crippen molar-refractivity contribution in [2.45, 2.75) is 46.1 Å². The van der Waals surface area contributed by atoms with Crippen LogP contribution in [0.25, 0.3) is 6.08 Å². The number of benzene rings is 1. The van der Waals surface area contributed by atoms with Crippen LogP contribution in [0.15, 0.2) is 24.3 Å². The average molecular weight is 306 g/mol. The molecule has 2 N–H and O–H groups in total. The molecule has 1 atom stereocenters. The maximum absolute atomic E-state index is 11.7. The van der Waals surface area contributed by atoms with Crippen LogP contribution in [-0.4, -0.2) is 22.8 Å². The number of ether oxygens (including phenoxy) is 1. The van der Waals surface area contributed by atoms with Crippen molar-refractivity contribution in [3.05, 3.63) is 35.4 Å². The minimum atomic E-state index is -0.374. The maximum Gasteiger partial charge on any atom is 0.330 e. The molecule has 0 heterocycles. The summed E-state index contributed by atoms with van der Waals surface area (Å²) in [5.41, 5.74) is 1.14. The molecule has 1 aromatic rings. The van der Waals surface area contributed by atoms with Crippen molar-refractivity contribution in [3.63, 3.8) is 0 Å². The summed E-state index contributed by atoms with van der Waals surface area (Å²) in [4.78, 5) is 11.7. The van der Waals surface area contributed by atoms with Crippen LogP contribution < -0.4 is 0 Å². The van der Waals surface area contributed by atoms with Crippen molar-refractivity contribution < 1.29 is 19.7 Å². The van der Waals surface area contributed by atoms with E-state index in [2.05, 4.69) is 13.8 Å². The molecule has 1 aromatic carbocycles. The molecule has 0 saturated carbocycles. The van der Waals surface area contributed by atoms with Crippen molar-refractivity contribution in [1.82, 2.24) is 0 Å². The summed E-state index contributed by atoms with van der Waals surface area (Å²) in [6.07, 6.45) is 7.35. The van der Waals surface area contributed by atoms with Gasteiger partial charge in [-0.15, -0.1) is 0 Å². The summed E-state index contributed by atoms with van der Waals surface area (Å²) in [5.74, 6) is 0.0643. The largest absolute Gasteiger partial charge is 0.508 e. The Hall–Kier alpha value is -1.81. The van der Waals surface area contributed by atoms with Gasteiger partial charge in [0.05, 0.1) is 13.2 Å². The monoisotopic (exact) mass is 306 g/mol. The molecule has 0 aliphatic carbocycles. The van der Waals surface area contributed by atoms with Crippen LogP contribution in [0.5, 0.6) is 5.75 Å². The second-order valence-corrected chi connectivity index (χ2v) is 5.43. The first-order valence-corrected chi connectivity index (χ1v) is 7.88. The van der Waals surface area contributed by atoms with E-state index in [9.17, 15) is 9.90 Å². The fourth-order valence-corrected chi connectivity index (χ4v) is 2.13. The Labute approximate surface area is 132 Å². The number of esters is 1. The van der Waals surface area contributed by atoms with Crippen LogP contribution in [0.2, 0.25) is 0 Å². The Kier molecular flexibility index (Phi) is 8.30. The summed E-state index contributed by atoms with van der Waals surface area (Å²) in [7, 11) is 0. The molecule has 0 bridgehead atoms. The fraction of sp³-hybridized carbons (Fsp3) is 0.500. The lowest BCUT2D eigenvalue weighted by Gasteiger charge is -2.13. The minimum absolute atomic E-state index is 0.0172. The lowest BCUT2D eigenvalue weighted by atomic mass is 10.0. The van der Waals surface area contributed by atoms with Gasteiger partial charge in [-0.3, -0.25) is 0 Å². The molecule has 4 nitrogen and oxygen atoms in total. The zero-order chi connectivity index (χ0) is 16.4. The van der Waals surface area contributed by atoms with Gasteiger partial charge in [-0.25, -0.2) is 4.79 Å². The van der Waals surface area contributed by atoms with Crippen molar-refractivity contribution >= 4 is 12.0 Å². The first-order chi connectivity index (χ1) is 10.6. The predicted octanol–water partition coefficient (Wildman–Crippen LogP) is 3.66. The molecular weight excluding hydrogens is 280 g/mol. The summed E-state index contributed by atoms with van der Waals surface area (Å²) in [5, 5.41) is 18.6. The first kappa shape index (κ1) is 18.2. The molecule has 4 heteroatoms.